The maximum Gasteiger partial charge on any atom is 0.328 e. The average molecular weight is 272 g/mol. The van der Waals surface area contributed by atoms with E-state index in [4.69, 9.17) is 9.84 Å². The third kappa shape index (κ3) is 2.12. The average Bonchev–Trinajstić information content (AvgIpc) is 2.64. The second-order valence-electron chi connectivity index (χ2n) is 4.58. The molecular formula is C11H16N2O6. The second-order valence-corrected chi connectivity index (χ2v) is 4.58. The van der Waals surface area contributed by atoms with E-state index in [1.54, 1.807) is 6.92 Å². The van der Waals surface area contributed by atoms with Crippen LogP contribution in [0, 0.1) is 6.92 Å². The van der Waals surface area contributed by atoms with Crippen LogP contribution in [-0.2, 0) is 11.8 Å². The zero-order valence-electron chi connectivity index (χ0n) is 10.5. The molecule has 1 aliphatic rings. The molecule has 1 saturated heterocycles. The molecule has 0 aliphatic carbocycles. The van der Waals surface area contributed by atoms with Crippen molar-refractivity contribution in [3.63, 3.8) is 0 Å². The Kier molecular flexibility index (Phi) is 3.59. The Morgan fingerprint density at radius 1 is 1.32 bits per heavy atom. The summed E-state index contributed by atoms with van der Waals surface area (Å²) in [6.45, 7) is 1.07. The summed E-state index contributed by atoms with van der Waals surface area (Å²) in [7, 11) is 1.47. The number of aliphatic hydroxyl groups is 3. The van der Waals surface area contributed by atoms with Gasteiger partial charge in [-0.05, 0) is 6.92 Å². The molecule has 0 aromatic carbocycles. The van der Waals surface area contributed by atoms with Crippen molar-refractivity contribution >= 4 is 0 Å². The van der Waals surface area contributed by atoms with Crippen LogP contribution in [0.4, 0.5) is 0 Å². The number of ether oxygens (including phenoxy) is 1. The molecule has 4 atom stereocenters. The smallest absolute Gasteiger partial charge is 0.328 e. The number of aliphatic hydroxyl groups excluding tert-OH is 3. The van der Waals surface area contributed by atoms with Crippen LogP contribution in [0.3, 0.4) is 0 Å². The van der Waals surface area contributed by atoms with Crippen LogP contribution in [-0.4, -0.2) is 49.8 Å². The molecule has 0 bridgehead atoms. The zero-order chi connectivity index (χ0) is 14.3. The van der Waals surface area contributed by atoms with E-state index in [0.29, 0.717) is 5.69 Å². The van der Waals surface area contributed by atoms with Gasteiger partial charge in [0.05, 0.1) is 12.2 Å². The lowest BCUT2D eigenvalue weighted by Crippen LogP contribution is -2.37. The molecule has 2 rings (SSSR count). The highest BCUT2D eigenvalue weighted by Gasteiger charge is 2.44. The monoisotopic (exact) mass is 272 g/mol. The predicted octanol–water partition coefficient (Wildman–Crippen LogP) is -2.46. The van der Waals surface area contributed by atoms with Gasteiger partial charge in [-0.15, -0.1) is 0 Å². The van der Waals surface area contributed by atoms with Gasteiger partial charge in [0.1, 0.15) is 24.4 Å². The SMILES string of the molecule is Cc1c([C@@H]2O[C@H](CO)C(O)C2O)c(=O)[nH]c(=O)n1C. The van der Waals surface area contributed by atoms with Crippen molar-refractivity contribution in [2.75, 3.05) is 6.61 Å². The van der Waals surface area contributed by atoms with E-state index in [0.717, 1.165) is 0 Å². The van der Waals surface area contributed by atoms with Gasteiger partial charge < -0.3 is 24.6 Å². The topological polar surface area (TPSA) is 125 Å². The van der Waals surface area contributed by atoms with E-state index < -0.39 is 42.3 Å². The maximum absolute atomic E-state index is 11.8. The first-order valence-corrected chi connectivity index (χ1v) is 5.80. The number of hydrogen-bond donors (Lipinski definition) is 4. The molecule has 1 aliphatic heterocycles. The van der Waals surface area contributed by atoms with E-state index in [1.807, 2.05) is 0 Å². The van der Waals surface area contributed by atoms with Gasteiger partial charge in [0.15, 0.2) is 0 Å². The van der Waals surface area contributed by atoms with Crippen molar-refractivity contribution in [1.82, 2.24) is 9.55 Å². The van der Waals surface area contributed by atoms with Crippen molar-refractivity contribution in [1.29, 1.82) is 0 Å². The lowest BCUT2D eigenvalue weighted by atomic mass is 10.0. The van der Waals surface area contributed by atoms with Gasteiger partial charge in [0.2, 0.25) is 0 Å². The summed E-state index contributed by atoms with van der Waals surface area (Å²) in [5.41, 5.74) is -0.832. The minimum absolute atomic E-state index is 0.0737. The molecule has 1 aromatic rings. The third-order valence-corrected chi connectivity index (χ3v) is 3.49. The fourth-order valence-corrected chi connectivity index (χ4v) is 2.22. The van der Waals surface area contributed by atoms with Crippen LogP contribution >= 0.6 is 0 Å². The summed E-state index contributed by atoms with van der Waals surface area (Å²) in [4.78, 5) is 25.4. The summed E-state index contributed by atoms with van der Waals surface area (Å²) in [5.74, 6) is 0. The number of aromatic amines is 1. The molecule has 19 heavy (non-hydrogen) atoms. The molecule has 1 aromatic heterocycles. The normalized spacial score (nSPS) is 30.8. The Morgan fingerprint density at radius 3 is 2.47 bits per heavy atom. The summed E-state index contributed by atoms with van der Waals surface area (Å²) in [6, 6.07) is 0. The highest BCUT2D eigenvalue weighted by atomic mass is 16.6. The minimum atomic E-state index is -1.34. The molecule has 106 valence electrons. The largest absolute Gasteiger partial charge is 0.394 e. The van der Waals surface area contributed by atoms with Gasteiger partial charge in [-0.2, -0.15) is 0 Å². The predicted molar refractivity (Wildman–Crippen MR) is 63.8 cm³/mol. The molecule has 2 heterocycles. The van der Waals surface area contributed by atoms with Gasteiger partial charge >= 0.3 is 5.69 Å². The van der Waals surface area contributed by atoms with Crippen LogP contribution in [0.15, 0.2) is 9.59 Å². The maximum atomic E-state index is 11.8. The fraction of sp³-hybridized carbons (Fsp3) is 0.636. The van der Waals surface area contributed by atoms with Crippen LogP contribution < -0.4 is 11.2 Å². The van der Waals surface area contributed by atoms with Crippen LogP contribution in [0.1, 0.15) is 17.4 Å². The van der Waals surface area contributed by atoms with Crippen molar-refractivity contribution in [3.05, 3.63) is 32.1 Å². The molecular weight excluding hydrogens is 256 g/mol. The standard InChI is InChI=1S/C11H16N2O6/c1-4-6(10(17)12-11(18)13(4)2)9-8(16)7(15)5(3-14)19-9/h5,7-9,14-16H,3H2,1-2H3,(H,12,17,18)/t5-,7?,8?,9+/m1/s1. The Labute approximate surface area is 107 Å². The minimum Gasteiger partial charge on any atom is -0.394 e. The molecule has 0 saturated carbocycles. The van der Waals surface area contributed by atoms with E-state index in [-0.39, 0.29) is 5.56 Å². The Morgan fingerprint density at radius 2 is 1.95 bits per heavy atom. The number of rotatable bonds is 2. The number of nitrogens with zero attached hydrogens (tertiary/aromatic N) is 1. The highest BCUT2D eigenvalue weighted by molar-refractivity contribution is 5.22. The van der Waals surface area contributed by atoms with Gasteiger partial charge in [-0.1, -0.05) is 0 Å². The van der Waals surface area contributed by atoms with Crippen molar-refractivity contribution in [3.8, 4) is 0 Å². The third-order valence-electron chi connectivity index (χ3n) is 3.49. The Balaban J connectivity index is 2.52. The Hall–Kier alpha value is -1.48. The summed E-state index contributed by atoms with van der Waals surface area (Å²) in [6.07, 6.45) is -4.67. The number of aromatic nitrogens is 2. The molecule has 0 spiro atoms. The molecule has 2 unspecified atom stereocenters. The lowest BCUT2D eigenvalue weighted by Gasteiger charge is -2.17. The summed E-state index contributed by atoms with van der Waals surface area (Å²) in [5, 5.41) is 28.6. The van der Waals surface area contributed by atoms with E-state index in [2.05, 4.69) is 4.98 Å². The van der Waals surface area contributed by atoms with E-state index >= 15 is 0 Å². The number of H-pyrrole nitrogens is 1. The molecule has 0 radical (unpaired) electrons. The first-order valence-electron chi connectivity index (χ1n) is 5.80. The van der Waals surface area contributed by atoms with Gasteiger partial charge in [-0.25, -0.2) is 4.79 Å². The molecule has 8 nitrogen and oxygen atoms in total. The lowest BCUT2D eigenvalue weighted by molar-refractivity contribution is -0.0235. The Bertz CT molecular complexity index is 592. The van der Waals surface area contributed by atoms with Crippen LogP contribution in [0.2, 0.25) is 0 Å². The zero-order valence-corrected chi connectivity index (χ0v) is 10.5. The second kappa shape index (κ2) is 4.89. The van der Waals surface area contributed by atoms with Gasteiger partial charge in [0, 0.05) is 12.7 Å². The molecule has 4 N–H and O–H groups in total. The van der Waals surface area contributed by atoms with Crippen molar-refractivity contribution in [2.45, 2.75) is 31.3 Å². The summed E-state index contributed by atoms with van der Waals surface area (Å²) >= 11 is 0. The van der Waals surface area contributed by atoms with Gasteiger partial charge in [0.25, 0.3) is 5.56 Å². The van der Waals surface area contributed by atoms with Gasteiger partial charge in [-0.3, -0.25) is 9.78 Å². The highest BCUT2D eigenvalue weighted by Crippen LogP contribution is 2.32. The molecule has 8 heteroatoms. The fourth-order valence-electron chi connectivity index (χ4n) is 2.22. The first-order chi connectivity index (χ1) is 8.88. The van der Waals surface area contributed by atoms with Crippen molar-refractivity contribution < 1.29 is 20.1 Å². The molecule has 1 fully saturated rings. The van der Waals surface area contributed by atoms with Crippen molar-refractivity contribution in [2.24, 2.45) is 7.05 Å². The quantitative estimate of drug-likeness (QED) is 0.473. The van der Waals surface area contributed by atoms with E-state index in [9.17, 15) is 19.8 Å². The van der Waals surface area contributed by atoms with Crippen LogP contribution in [0.5, 0.6) is 0 Å². The first kappa shape index (κ1) is 13.9. The molecule has 0 amide bonds. The summed E-state index contributed by atoms with van der Waals surface area (Å²) < 4.78 is 6.51. The van der Waals surface area contributed by atoms with E-state index in [1.165, 1.54) is 11.6 Å². The number of hydrogen-bond acceptors (Lipinski definition) is 6. The number of nitrogens with one attached hydrogen (secondary N) is 1. The van der Waals surface area contributed by atoms with Crippen LogP contribution in [0.25, 0.3) is 0 Å².